The molecule has 2 aromatic heterocycles. The number of rotatable bonds is 2. The van der Waals surface area contributed by atoms with Crippen molar-refractivity contribution < 1.29 is 9.90 Å². The molecule has 0 unspecified atom stereocenters. The van der Waals surface area contributed by atoms with Crippen molar-refractivity contribution in [3.05, 3.63) is 50.6 Å². The molecule has 0 aliphatic rings. The summed E-state index contributed by atoms with van der Waals surface area (Å²) in [6.45, 7) is 0. The third kappa shape index (κ3) is 2.26. The molecule has 0 aliphatic heterocycles. The lowest BCUT2D eigenvalue weighted by Crippen LogP contribution is -2.00. The first kappa shape index (κ1) is 13.4. The van der Waals surface area contributed by atoms with E-state index in [1.165, 1.54) is 17.4 Å². The predicted octanol–water partition coefficient (Wildman–Crippen LogP) is 4.97. The van der Waals surface area contributed by atoms with Crippen LogP contribution in [0.25, 0.3) is 22.2 Å². The number of carboxylic acid groups (broad SMARTS) is 1. The van der Waals surface area contributed by atoms with Crippen molar-refractivity contribution >= 4 is 51.4 Å². The minimum atomic E-state index is -1.03. The maximum Gasteiger partial charge on any atom is 0.336 e. The summed E-state index contributed by atoms with van der Waals surface area (Å²) in [4.78, 5) is 15.9. The third-order valence-electron chi connectivity index (χ3n) is 2.88. The summed E-state index contributed by atoms with van der Waals surface area (Å²) < 4.78 is 0.630. The van der Waals surface area contributed by atoms with Crippen LogP contribution in [0, 0.1) is 0 Å². The lowest BCUT2D eigenvalue weighted by molar-refractivity contribution is 0.0699. The van der Waals surface area contributed by atoms with Crippen LogP contribution in [0.15, 0.2) is 35.7 Å². The van der Waals surface area contributed by atoms with E-state index in [2.05, 4.69) is 4.98 Å². The third-order valence-corrected chi connectivity index (χ3v) is 4.28. The van der Waals surface area contributed by atoms with Gasteiger partial charge in [0.2, 0.25) is 0 Å². The Morgan fingerprint density at radius 1 is 1.25 bits per heavy atom. The van der Waals surface area contributed by atoms with Crippen molar-refractivity contribution in [2.24, 2.45) is 0 Å². The summed E-state index contributed by atoms with van der Waals surface area (Å²) in [5.41, 5.74) is 2.05. The Kier molecular flexibility index (Phi) is 3.38. The van der Waals surface area contributed by atoms with Crippen LogP contribution >= 0.6 is 34.5 Å². The smallest absolute Gasteiger partial charge is 0.336 e. The zero-order valence-electron chi connectivity index (χ0n) is 9.93. The maximum absolute atomic E-state index is 11.4. The van der Waals surface area contributed by atoms with E-state index in [9.17, 15) is 9.90 Å². The summed E-state index contributed by atoms with van der Waals surface area (Å²) >= 11 is 13.4. The molecule has 0 aliphatic carbocycles. The van der Waals surface area contributed by atoms with Crippen LogP contribution < -0.4 is 0 Å². The van der Waals surface area contributed by atoms with Gasteiger partial charge >= 0.3 is 5.97 Å². The Morgan fingerprint density at radius 2 is 2.05 bits per heavy atom. The van der Waals surface area contributed by atoms with Crippen molar-refractivity contribution in [2.45, 2.75) is 0 Å². The predicted molar refractivity (Wildman–Crippen MR) is 82.0 cm³/mol. The largest absolute Gasteiger partial charge is 0.478 e. The first-order chi connectivity index (χ1) is 9.56. The molecule has 0 saturated heterocycles. The minimum absolute atomic E-state index is 0.137. The van der Waals surface area contributed by atoms with Gasteiger partial charge in [-0.3, -0.25) is 0 Å². The van der Waals surface area contributed by atoms with E-state index in [-0.39, 0.29) is 5.56 Å². The van der Waals surface area contributed by atoms with Gasteiger partial charge < -0.3 is 5.11 Å². The fourth-order valence-corrected chi connectivity index (χ4v) is 3.15. The summed E-state index contributed by atoms with van der Waals surface area (Å²) in [6.07, 6.45) is 0. The molecule has 100 valence electrons. The van der Waals surface area contributed by atoms with Gasteiger partial charge in [-0.1, -0.05) is 29.3 Å². The zero-order valence-corrected chi connectivity index (χ0v) is 12.3. The van der Waals surface area contributed by atoms with Crippen molar-refractivity contribution in [1.82, 2.24) is 4.98 Å². The highest BCUT2D eigenvalue weighted by Crippen LogP contribution is 2.32. The Labute approximate surface area is 128 Å². The lowest BCUT2D eigenvalue weighted by atomic mass is 10.1. The molecule has 0 bridgehead atoms. The molecular formula is C14H7Cl2NO2S. The number of pyridine rings is 1. The van der Waals surface area contributed by atoms with E-state index < -0.39 is 5.97 Å². The molecule has 0 radical (unpaired) electrons. The van der Waals surface area contributed by atoms with Gasteiger partial charge in [-0.25, -0.2) is 9.78 Å². The normalized spacial score (nSPS) is 10.9. The monoisotopic (exact) mass is 323 g/mol. The summed E-state index contributed by atoms with van der Waals surface area (Å²) in [5.74, 6) is -1.03. The number of carbonyl (C=O) groups is 1. The first-order valence-corrected chi connectivity index (χ1v) is 7.27. The summed E-state index contributed by atoms with van der Waals surface area (Å²) in [6, 6.07) is 8.42. The van der Waals surface area contributed by atoms with Gasteiger partial charge in [-0.15, -0.1) is 11.3 Å². The summed E-state index contributed by atoms with van der Waals surface area (Å²) in [5, 5.41) is 12.0. The standard InChI is InChI=1S/C14H7Cl2NO2S/c15-9-2-1-3-10-13(9)8(14(18)19)5-11(17-10)7-4-12(16)20-6-7/h1-6H,(H,18,19). The zero-order chi connectivity index (χ0) is 14.3. The maximum atomic E-state index is 11.4. The molecule has 1 N–H and O–H groups in total. The molecule has 3 aromatic rings. The molecule has 0 fully saturated rings. The Hall–Kier alpha value is -1.62. The van der Waals surface area contributed by atoms with Crippen LogP contribution in [0.4, 0.5) is 0 Å². The molecular weight excluding hydrogens is 317 g/mol. The molecule has 6 heteroatoms. The number of benzene rings is 1. The number of nitrogens with zero attached hydrogens (tertiary/aromatic N) is 1. The van der Waals surface area contributed by atoms with Gasteiger partial charge in [0, 0.05) is 16.3 Å². The minimum Gasteiger partial charge on any atom is -0.478 e. The van der Waals surface area contributed by atoms with Crippen molar-refractivity contribution in [3.8, 4) is 11.3 Å². The molecule has 0 saturated carbocycles. The van der Waals surface area contributed by atoms with Crippen LogP contribution in [0.5, 0.6) is 0 Å². The van der Waals surface area contributed by atoms with E-state index in [1.807, 2.05) is 5.38 Å². The van der Waals surface area contributed by atoms with Gasteiger partial charge in [0.1, 0.15) is 0 Å². The Bertz CT molecular complexity index is 829. The Balaban J connectivity index is 2.34. The highest BCUT2D eigenvalue weighted by Gasteiger charge is 2.15. The quantitative estimate of drug-likeness (QED) is 0.724. The van der Waals surface area contributed by atoms with E-state index in [0.29, 0.717) is 26.0 Å². The lowest BCUT2D eigenvalue weighted by Gasteiger charge is -2.07. The van der Waals surface area contributed by atoms with Gasteiger partial charge in [0.25, 0.3) is 0 Å². The SMILES string of the molecule is O=C(O)c1cc(-c2csc(Cl)c2)nc2cccc(Cl)c12. The van der Waals surface area contributed by atoms with Gasteiger partial charge in [0.15, 0.2) is 0 Å². The molecule has 3 nitrogen and oxygen atoms in total. The number of thiophene rings is 1. The molecule has 1 aromatic carbocycles. The molecule has 0 spiro atoms. The van der Waals surface area contributed by atoms with Crippen LogP contribution in [-0.4, -0.2) is 16.1 Å². The van der Waals surface area contributed by atoms with Crippen LogP contribution in [-0.2, 0) is 0 Å². The van der Waals surface area contributed by atoms with E-state index in [0.717, 1.165) is 5.56 Å². The average molecular weight is 324 g/mol. The fourth-order valence-electron chi connectivity index (χ4n) is 2.00. The second-order valence-corrected chi connectivity index (χ2v) is 6.08. The number of carboxylic acids is 1. The molecule has 3 rings (SSSR count). The first-order valence-electron chi connectivity index (χ1n) is 5.63. The molecule has 0 amide bonds. The summed E-state index contributed by atoms with van der Waals surface area (Å²) in [7, 11) is 0. The van der Waals surface area contributed by atoms with Crippen molar-refractivity contribution in [3.63, 3.8) is 0 Å². The highest BCUT2D eigenvalue weighted by atomic mass is 35.5. The van der Waals surface area contributed by atoms with Crippen molar-refractivity contribution in [2.75, 3.05) is 0 Å². The average Bonchev–Trinajstić information content (AvgIpc) is 2.84. The number of hydrogen-bond acceptors (Lipinski definition) is 3. The number of halogens is 2. The number of fused-ring (bicyclic) bond motifs is 1. The van der Waals surface area contributed by atoms with Crippen molar-refractivity contribution in [1.29, 1.82) is 0 Å². The van der Waals surface area contributed by atoms with Gasteiger partial charge in [-0.2, -0.15) is 0 Å². The number of hydrogen-bond donors (Lipinski definition) is 1. The topological polar surface area (TPSA) is 50.2 Å². The second kappa shape index (κ2) is 5.05. The van der Waals surface area contributed by atoms with E-state index in [1.54, 1.807) is 24.3 Å². The van der Waals surface area contributed by atoms with Crippen LogP contribution in [0.2, 0.25) is 9.36 Å². The highest BCUT2D eigenvalue weighted by molar-refractivity contribution is 7.14. The van der Waals surface area contributed by atoms with Gasteiger partial charge in [0.05, 0.1) is 26.1 Å². The van der Waals surface area contributed by atoms with Crippen LogP contribution in [0.1, 0.15) is 10.4 Å². The Morgan fingerprint density at radius 3 is 2.70 bits per heavy atom. The number of aromatic carboxylic acids is 1. The molecule has 2 heterocycles. The van der Waals surface area contributed by atoms with E-state index >= 15 is 0 Å². The fraction of sp³-hybridized carbons (Fsp3) is 0. The molecule has 0 atom stereocenters. The van der Waals surface area contributed by atoms with Gasteiger partial charge in [-0.05, 0) is 24.3 Å². The molecule has 20 heavy (non-hydrogen) atoms. The van der Waals surface area contributed by atoms with E-state index in [4.69, 9.17) is 23.2 Å². The van der Waals surface area contributed by atoms with Crippen LogP contribution in [0.3, 0.4) is 0 Å². The number of aromatic nitrogens is 1. The second-order valence-electron chi connectivity index (χ2n) is 4.13.